The van der Waals surface area contributed by atoms with Crippen molar-refractivity contribution in [1.82, 2.24) is 0 Å². The summed E-state index contributed by atoms with van der Waals surface area (Å²) in [5.74, 6) is 0. The summed E-state index contributed by atoms with van der Waals surface area (Å²) in [4.78, 5) is 0. The molecule has 0 amide bonds. The number of thiol groups is 1. The molecule has 0 fully saturated rings. The minimum atomic E-state index is -1.12. The molecule has 0 spiro atoms. The van der Waals surface area contributed by atoms with Crippen molar-refractivity contribution in [3.63, 3.8) is 0 Å². The average molecular weight is 188 g/mol. The van der Waals surface area contributed by atoms with Crippen LogP contribution in [-0.2, 0) is 0 Å². The van der Waals surface area contributed by atoms with Gasteiger partial charge in [-0.3, -0.25) is 0 Å². The van der Waals surface area contributed by atoms with Crippen LogP contribution in [0.5, 0.6) is 0 Å². The SMILES string of the molecule is C[Si](C)(CS)c1cccs1. The summed E-state index contributed by atoms with van der Waals surface area (Å²) in [6.07, 6.45) is 0. The third-order valence-electron chi connectivity index (χ3n) is 1.58. The van der Waals surface area contributed by atoms with Gasteiger partial charge in [0.25, 0.3) is 0 Å². The summed E-state index contributed by atoms with van der Waals surface area (Å²) >= 11 is 6.22. The van der Waals surface area contributed by atoms with E-state index >= 15 is 0 Å². The van der Waals surface area contributed by atoms with E-state index in [9.17, 15) is 0 Å². The Morgan fingerprint density at radius 2 is 2.30 bits per heavy atom. The van der Waals surface area contributed by atoms with E-state index in [2.05, 4.69) is 43.2 Å². The van der Waals surface area contributed by atoms with Crippen molar-refractivity contribution in [2.75, 3.05) is 5.38 Å². The van der Waals surface area contributed by atoms with Crippen LogP contribution >= 0.6 is 24.0 Å². The zero-order valence-corrected chi connectivity index (χ0v) is 9.01. The molecule has 1 aromatic heterocycles. The van der Waals surface area contributed by atoms with Crippen molar-refractivity contribution in [3.8, 4) is 0 Å². The van der Waals surface area contributed by atoms with Gasteiger partial charge in [-0.1, -0.05) is 25.2 Å². The zero-order chi connectivity index (χ0) is 7.61. The van der Waals surface area contributed by atoms with Crippen molar-refractivity contribution in [3.05, 3.63) is 17.5 Å². The first kappa shape index (κ1) is 8.36. The van der Waals surface area contributed by atoms with Gasteiger partial charge >= 0.3 is 0 Å². The largest absolute Gasteiger partial charge is 0.182 e. The van der Waals surface area contributed by atoms with Gasteiger partial charge in [-0.2, -0.15) is 24.0 Å². The van der Waals surface area contributed by atoms with Crippen molar-refractivity contribution >= 4 is 36.5 Å². The molecular weight excluding hydrogens is 176 g/mol. The number of hydrogen-bond acceptors (Lipinski definition) is 2. The summed E-state index contributed by atoms with van der Waals surface area (Å²) < 4.78 is 1.56. The zero-order valence-electron chi connectivity index (χ0n) is 6.29. The molecule has 0 aliphatic rings. The van der Waals surface area contributed by atoms with Gasteiger partial charge in [0.2, 0.25) is 0 Å². The second-order valence-electron chi connectivity index (χ2n) is 3.02. The second-order valence-corrected chi connectivity index (χ2v) is 9.90. The van der Waals surface area contributed by atoms with Crippen LogP contribution in [0, 0.1) is 0 Å². The van der Waals surface area contributed by atoms with E-state index in [4.69, 9.17) is 0 Å². The Balaban J connectivity index is 2.85. The highest BCUT2D eigenvalue weighted by Crippen LogP contribution is 2.08. The molecule has 0 aliphatic heterocycles. The normalized spacial score (nSPS) is 11.9. The number of rotatable bonds is 2. The van der Waals surface area contributed by atoms with E-state index in [0.29, 0.717) is 0 Å². The molecule has 1 aromatic rings. The molecule has 0 aliphatic carbocycles. The van der Waals surface area contributed by atoms with Crippen LogP contribution in [-0.4, -0.2) is 13.5 Å². The van der Waals surface area contributed by atoms with E-state index in [1.807, 2.05) is 11.3 Å². The van der Waals surface area contributed by atoms with E-state index in [1.54, 1.807) is 4.50 Å². The van der Waals surface area contributed by atoms with Crippen LogP contribution in [0.4, 0.5) is 0 Å². The Kier molecular flexibility index (Phi) is 2.60. The Labute approximate surface area is 72.7 Å². The molecule has 0 N–H and O–H groups in total. The van der Waals surface area contributed by atoms with E-state index in [-0.39, 0.29) is 0 Å². The van der Waals surface area contributed by atoms with E-state index in [1.165, 1.54) is 0 Å². The quantitative estimate of drug-likeness (QED) is 0.533. The minimum Gasteiger partial charge on any atom is -0.182 e. The number of thiophene rings is 1. The van der Waals surface area contributed by atoms with Gasteiger partial charge in [0.05, 0.1) is 0 Å². The summed E-state index contributed by atoms with van der Waals surface area (Å²) in [6, 6.07) is 4.35. The molecule has 0 radical (unpaired) electrons. The van der Waals surface area contributed by atoms with Crippen molar-refractivity contribution in [1.29, 1.82) is 0 Å². The molecule has 0 saturated heterocycles. The van der Waals surface area contributed by atoms with Crippen molar-refractivity contribution < 1.29 is 0 Å². The van der Waals surface area contributed by atoms with Crippen LogP contribution < -0.4 is 4.50 Å². The third kappa shape index (κ3) is 1.65. The monoisotopic (exact) mass is 188 g/mol. The molecule has 1 heterocycles. The van der Waals surface area contributed by atoms with Gasteiger partial charge in [-0.05, 0) is 15.3 Å². The summed E-state index contributed by atoms with van der Waals surface area (Å²) in [7, 11) is -1.12. The minimum absolute atomic E-state index is 1.05. The van der Waals surface area contributed by atoms with Crippen LogP contribution in [0.1, 0.15) is 0 Å². The fourth-order valence-electron chi connectivity index (χ4n) is 0.742. The number of hydrogen-bond donors (Lipinski definition) is 1. The van der Waals surface area contributed by atoms with Gasteiger partial charge in [-0.15, -0.1) is 0 Å². The van der Waals surface area contributed by atoms with Crippen LogP contribution in [0.25, 0.3) is 0 Å². The van der Waals surface area contributed by atoms with Crippen molar-refractivity contribution in [2.24, 2.45) is 0 Å². The highest BCUT2D eigenvalue weighted by Gasteiger charge is 2.21. The molecule has 10 heavy (non-hydrogen) atoms. The van der Waals surface area contributed by atoms with Gasteiger partial charge in [-0.25, -0.2) is 0 Å². The first-order valence-corrected chi connectivity index (χ1v) is 8.03. The maximum atomic E-state index is 4.36. The lowest BCUT2D eigenvalue weighted by Crippen LogP contribution is -2.41. The lowest BCUT2D eigenvalue weighted by atomic mass is 10.7. The first-order chi connectivity index (χ1) is 4.67. The van der Waals surface area contributed by atoms with E-state index < -0.39 is 8.07 Å². The molecule has 56 valence electrons. The molecule has 0 aromatic carbocycles. The first-order valence-electron chi connectivity index (χ1n) is 3.31. The Bertz CT molecular complexity index is 191. The molecular formula is C7H12S2Si. The van der Waals surface area contributed by atoms with Crippen molar-refractivity contribution in [2.45, 2.75) is 13.1 Å². The standard InChI is InChI=1S/C7H12S2Si/c1-10(2,6-8)7-4-3-5-9-7/h3-5,8H,6H2,1-2H3. The highest BCUT2D eigenvalue weighted by molar-refractivity contribution is 7.82. The van der Waals surface area contributed by atoms with Crippen LogP contribution in [0.2, 0.25) is 13.1 Å². The van der Waals surface area contributed by atoms with Crippen LogP contribution in [0.15, 0.2) is 17.5 Å². The van der Waals surface area contributed by atoms with E-state index in [0.717, 1.165) is 5.38 Å². The summed E-state index contributed by atoms with van der Waals surface area (Å²) in [5, 5.41) is 3.20. The average Bonchev–Trinajstić information content (AvgIpc) is 2.38. The third-order valence-corrected chi connectivity index (χ3v) is 8.94. The molecule has 0 bridgehead atoms. The fourth-order valence-corrected chi connectivity index (χ4v) is 4.43. The lowest BCUT2D eigenvalue weighted by Gasteiger charge is -2.16. The smallest absolute Gasteiger partial charge is 0.103 e. The van der Waals surface area contributed by atoms with Gasteiger partial charge in [0.15, 0.2) is 0 Å². The molecule has 0 atom stereocenters. The van der Waals surface area contributed by atoms with Gasteiger partial charge in [0, 0.05) is 0 Å². The maximum Gasteiger partial charge on any atom is 0.103 e. The van der Waals surface area contributed by atoms with Gasteiger partial charge in [0.1, 0.15) is 8.07 Å². The molecule has 1 rings (SSSR count). The highest BCUT2D eigenvalue weighted by atomic mass is 32.1. The molecule has 0 saturated carbocycles. The summed E-state index contributed by atoms with van der Waals surface area (Å²) in [5.41, 5.74) is 0. The topological polar surface area (TPSA) is 0 Å². The lowest BCUT2D eigenvalue weighted by molar-refractivity contribution is 1.76. The maximum absolute atomic E-state index is 4.36. The molecule has 0 nitrogen and oxygen atoms in total. The predicted molar refractivity (Wildman–Crippen MR) is 55.3 cm³/mol. The molecule has 0 unspecified atom stereocenters. The summed E-state index contributed by atoms with van der Waals surface area (Å²) in [6.45, 7) is 4.71. The molecule has 3 heteroatoms. The Morgan fingerprint density at radius 1 is 1.60 bits per heavy atom. The Morgan fingerprint density at radius 3 is 2.70 bits per heavy atom. The second kappa shape index (κ2) is 3.11. The predicted octanol–water partition coefficient (Wildman–Crippen LogP) is 2.13. The van der Waals surface area contributed by atoms with Crippen LogP contribution in [0.3, 0.4) is 0 Å². The fraction of sp³-hybridized carbons (Fsp3) is 0.429. The Hall–Kier alpha value is 0.267. The van der Waals surface area contributed by atoms with Gasteiger partial charge < -0.3 is 0 Å².